The maximum Gasteiger partial charge on any atom is 0.408 e. The molecule has 2 N–H and O–H groups in total. The lowest BCUT2D eigenvalue weighted by Gasteiger charge is -2.45. The highest BCUT2D eigenvalue weighted by molar-refractivity contribution is 5.81. The van der Waals surface area contributed by atoms with Crippen LogP contribution in [-0.4, -0.2) is 48.3 Å². The molecule has 1 amide bonds. The lowest BCUT2D eigenvalue weighted by atomic mass is 9.86. The van der Waals surface area contributed by atoms with Gasteiger partial charge in [-0.15, -0.1) is 0 Å². The second-order valence-corrected chi connectivity index (χ2v) is 8.43. The Labute approximate surface area is 187 Å². The summed E-state index contributed by atoms with van der Waals surface area (Å²) in [5, 5.41) is 13.9. The van der Waals surface area contributed by atoms with Crippen molar-refractivity contribution in [3.8, 4) is 0 Å². The first-order valence-corrected chi connectivity index (χ1v) is 11.3. The van der Waals surface area contributed by atoms with Crippen molar-refractivity contribution < 1.29 is 23.8 Å². The molecular formula is C24H32N2O6. The molecule has 2 heterocycles. The van der Waals surface area contributed by atoms with Gasteiger partial charge < -0.3 is 19.6 Å². The van der Waals surface area contributed by atoms with Gasteiger partial charge in [-0.2, -0.15) is 0 Å². The predicted octanol–water partition coefficient (Wildman–Crippen LogP) is 3.78. The molecule has 1 saturated heterocycles. The quantitative estimate of drug-likeness (QED) is 0.344. The minimum absolute atomic E-state index is 0.109. The van der Waals surface area contributed by atoms with Crippen molar-refractivity contribution in [2.45, 2.75) is 57.9 Å². The van der Waals surface area contributed by atoms with E-state index in [1.807, 2.05) is 19.1 Å². The summed E-state index contributed by atoms with van der Waals surface area (Å²) >= 11 is 0. The van der Waals surface area contributed by atoms with E-state index in [1.54, 1.807) is 6.07 Å². The van der Waals surface area contributed by atoms with E-state index < -0.39 is 17.3 Å². The summed E-state index contributed by atoms with van der Waals surface area (Å²) in [6.45, 7) is 4.88. The maximum atomic E-state index is 12.4. The van der Waals surface area contributed by atoms with E-state index in [-0.39, 0.29) is 25.7 Å². The third kappa shape index (κ3) is 5.30. The molecule has 1 aliphatic rings. The Hall–Kier alpha value is -2.87. The molecule has 1 unspecified atom stereocenters. The Morgan fingerprint density at radius 3 is 2.75 bits per heavy atom. The summed E-state index contributed by atoms with van der Waals surface area (Å²) in [4.78, 5) is 37.7. The minimum atomic E-state index is -1.11. The van der Waals surface area contributed by atoms with Crippen molar-refractivity contribution in [1.82, 2.24) is 10.2 Å². The molecule has 0 bridgehead atoms. The fraction of sp³-hybridized carbons (Fsp3) is 0.542. The number of ether oxygens (including phenoxy) is 1. The Bertz CT molecular complexity index is 1020. The molecular weight excluding hydrogens is 412 g/mol. The fourth-order valence-electron chi connectivity index (χ4n) is 4.30. The molecule has 1 aromatic heterocycles. The van der Waals surface area contributed by atoms with Gasteiger partial charge >= 0.3 is 17.7 Å². The van der Waals surface area contributed by atoms with Crippen LogP contribution in [0.2, 0.25) is 0 Å². The van der Waals surface area contributed by atoms with Crippen molar-refractivity contribution >= 4 is 23.0 Å². The van der Waals surface area contributed by atoms with Gasteiger partial charge in [0.1, 0.15) is 17.7 Å². The Morgan fingerprint density at radius 1 is 1.22 bits per heavy atom. The van der Waals surface area contributed by atoms with E-state index in [9.17, 15) is 19.5 Å². The standard InChI is InChI=1S/C24H32N2O6/c1-3-4-5-6-7-8-21(27)31-16-24(15-25-11-12-26(24)23(29)30)18-9-10-19-17(2)13-22(28)32-20(19)14-18/h9-10,13-14,25H,3-8,11-12,15-16H2,1-2H3,(H,29,30). The third-order valence-electron chi connectivity index (χ3n) is 6.12. The SMILES string of the molecule is CCCCCCCC(=O)OCC1(c2ccc3c(C)cc(=O)oc3c2)CNCCN1C(=O)O. The van der Waals surface area contributed by atoms with Crippen molar-refractivity contribution in [2.75, 3.05) is 26.2 Å². The maximum absolute atomic E-state index is 12.4. The third-order valence-corrected chi connectivity index (χ3v) is 6.12. The van der Waals surface area contributed by atoms with E-state index in [4.69, 9.17) is 9.15 Å². The molecule has 8 nitrogen and oxygen atoms in total. The topological polar surface area (TPSA) is 109 Å². The number of carbonyl (C=O) groups is 2. The Balaban J connectivity index is 1.87. The van der Waals surface area contributed by atoms with Crippen molar-refractivity contribution in [3.63, 3.8) is 0 Å². The van der Waals surface area contributed by atoms with Crippen LogP contribution in [0.15, 0.2) is 33.5 Å². The zero-order valence-corrected chi connectivity index (χ0v) is 18.8. The number of nitrogens with one attached hydrogen (secondary N) is 1. The molecule has 1 atom stereocenters. The molecule has 32 heavy (non-hydrogen) atoms. The second-order valence-electron chi connectivity index (χ2n) is 8.43. The average Bonchev–Trinajstić information content (AvgIpc) is 2.77. The molecule has 0 radical (unpaired) electrons. The second kappa shape index (κ2) is 10.6. The van der Waals surface area contributed by atoms with Crippen LogP contribution in [0.5, 0.6) is 0 Å². The van der Waals surface area contributed by atoms with Crippen LogP contribution in [0.3, 0.4) is 0 Å². The molecule has 0 aliphatic carbocycles. The van der Waals surface area contributed by atoms with E-state index in [0.717, 1.165) is 43.1 Å². The van der Waals surface area contributed by atoms with Crippen LogP contribution in [0.4, 0.5) is 4.79 Å². The summed E-state index contributed by atoms with van der Waals surface area (Å²) in [7, 11) is 0. The number of amides is 1. The first kappa shape index (κ1) is 23.8. The molecule has 8 heteroatoms. The van der Waals surface area contributed by atoms with Crippen molar-refractivity contribution in [2.24, 2.45) is 0 Å². The van der Waals surface area contributed by atoms with Crippen molar-refractivity contribution in [3.05, 3.63) is 45.8 Å². The first-order chi connectivity index (χ1) is 15.4. The van der Waals surface area contributed by atoms with E-state index in [1.165, 1.54) is 11.0 Å². The number of carboxylic acid groups (broad SMARTS) is 1. The van der Waals surface area contributed by atoms with Gasteiger partial charge in [-0.25, -0.2) is 9.59 Å². The van der Waals surface area contributed by atoms with Crippen LogP contribution < -0.4 is 10.9 Å². The largest absolute Gasteiger partial charge is 0.465 e. The molecule has 2 aromatic rings. The normalized spacial score (nSPS) is 18.6. The summed E-state index contributed by atoms with van der Waals surface area (Å²) in [6, 6.07) is 6.74. The highest BCUT2D eigenvalue weighted by Crippen LogP contribution is 2.33. The van der Waals surface area contributed by atoms with Crippen LogP contribution in [0.1, 0.15) is 56.6 Å². The first-order valence-electron chi connectivity index (χ1n) is 11.3. The summed E-state index contributed by atoms with van der Waals surface area (Å²) in [5.41, 5.74) is 0.197. The number of benzene rings is 1. The number of esters is 1. The smallest absolute Gasteiger partial charge is 0.408 e. The van der Waals surface area contributed by atoms with Gasteiger partial charge in [0, 0.05) is 37.5 Å². The van der Waals surface area contributed by atoms with Gasteiger partial charge in [-0.05, 0) is 30.5 Å². The molecule has 1 aliphatic heterocycles. The Kier molecular flexibility index (Phi) is 7.90. The van der Waals surface area contributed by atoms with Crippen molar-refractivity contribution in [1.29, 1.82) is 0 Å². The van der Waals surface area contributed by atoms with E-state index in [0.29, 0.717) is 24.1 Å². The van der Waals surface area contributed by atoms with Gasteiger partial charge in [0.05, 0.1) is 0 Å². The lowest BCUT2D eigenvalue weighted by Crippen LogP contribution is -2.63. The van der Waals surface area contributed by atoms with Crippen LogP contribution in [0.25, 0.3) is 11.0 Å². The molecule has 0 spiro atoms. The van der Waals surface area contributed by atoms with Crippen LogP contribution >= 0.6 is 0 Å². The van der Waals surface area contributed by atoms with Crippen LogP contribution in [0, 0.1) is 6.92 Å². The number of piperazine rings is 1. The van der Waals surface area contributed by atoms with E-state index >= 15 is 0 Å². The number of hydrogen-bond donors (Lipinski definition) is 2. The zero-order chi connectivity index (χ0) is 23.1. The van der Waals surface area contributed by atoms with Gasteiger partial charge in [0.2, 0.25) is 0 Å². The number of fused-ring (bicyclic) bond motifs is 1. The molecule has 1 fully saturated rings. The lowest BCUT2D eigenvalue weighted by molar-refractivity contribution is -0.148. The van der Waals surface area contributed by atoms with Crippen LogP contribution in [-0.2, 0) is 15.1 Å². The molecule has 3 rings (SSSR count). The number of unbranched alkanes of at least 4 members (excludes halogenated alkanes) is 4. The van der Waals surface area contributed by atoms with Gasteiger partial charge in [-0.3, -0.25) is 9.69 Å². The zero-order valence-electron chi connectivity index (χ0n) is 18.8. The van der Waals surface area contributed by atoms with Gasteiger partial charge in [0.15, 0.2) is 0 Å². The average molecular weight is 445 g/mol. The van der Waals surface area contributed by atoms with Gasteiger partial charge in [-0.1, -0.05) is 44.7 Å². The number of rotatable bonds is 9. The molecule has 174 valence electrons. The predicted molar refractivity (Wildman–Crippen MR) is 121 cm³/mol. The summed E-state index contributed by atoms with van der Waals surface area (Å²) in [6.07, 6.45) is 4.32. The Morgan fingerprint density at radius 2 is 2.00 bits per heavy atom. The monoisotopic (exact) mass is 444 g/mol. The van der Waals surface area contributed by atoms with E-state index in [2.05, 4.69) is 12.2 Å². The van der Waals surface area contributed by atoms with Gasteiger partial charge in [0.25, 0.3) is 0 Å². The highest BCUT2D eigenvalue weighted by Gasteiger charge is 2.45. The number of carbonyl (C=O) groups excluding carboxylic acids is 1. The summed E-state index contributed by atoms with van der Waals surface area (Å²) in [5.74, 6) is -0.333. The minimum Gasteiger partial charge on any atom is -0.465 e. The molecule has 1 aromatic carbocycles. The fourth-order valence-corrected chi connectivity index (χ4v) is 4.30. The number of hydrogen-bond acceptors (Lipinski definition) is 6. The summed E-state index contributed by atoms with van der Waals surface area (Å²) < 4.78 is 11.0. The number of nitrogens with zero attached hydrogens (tertiary/aromatic N) is 1. The number of aryl methyl sites for hydroxylation is 1. The highest BCUT2D eigenvalue weighted by atomic mass is 16.5. The molecule has 0 saturated carbocycles.